The van der Waals surface area contributed by atoms with E-state index in [1.165, 1.54) is 24.8 Å². The molecular weight excluding hydrogens is 188 g/mol. The van der Waals surface area contributed by atoms with Crippen molar-refractivity contribution in [2.24, 2.45) is 0 Å². The van der Waals surface area contributed by atoms with Crippen LogP contribution < -0.4 is 0 Å². The summed E-state index contributed by atoms with van der Waals surface area (Å²) in [5.74, 6) is 0. The minimum absolute atomic E-state index is 0.247. The third-order valence-electron chi connectivity index (χ3n) is 2.56. The lowest BCUT2D eigenvalue weighted by Gasteiger charge is -2.20. The average molecular weight is 210 g/mol. The molecule has 0 aromatic carbocycles. The Morgan fingerprint density at radius 1 is 1.33 bits per heavy atom. The molecule has 0 aliphatic heterocycles. The minimum atomic E-state index is 0.247. The van der Waals surface area contributed by atoms with E-state index in [9.17, 15) is 0 Å². The Hall–Kier alpha value is -0.800. The highest BCUT2D eigenvalue weighted by Gasteiger charge is 2.04. The molecule has 15 heavy (non-hydrogen) atoms. The second-order valence-corrected chi connectivity index (χ2v) is 3.93. The number of H-pyrrole nitrogens is 1. The standard InChI is InChI=1S/C12H22N2O/c1-2-3-4-7-14(8-9-15)11-12-5-6-13-10-12/h5-6,10,13,15H,2-4,7-9,11H2,1H3. The highest BCUT2D eigenvalue weighted by atomic mass is 16.3. The number of unbranched alkanes of at least 4 members (excludes halogenated alkanes) is 2. The number of hydrogen-bond acceptors (Lipinski definition) is 2. The normalized spacial score (nSPS) is 11.1. The van der Waals surface area contributed by atoms with E-state index in [0.717, 1.165) is 19.6 Å². The van der Waals surface area contributed by atoms with Gasteiger partial charge < -0.3 is 10.1 Å². The fraction of sp³-hybridized carbons (Fsp3) is 0.667. The fourth-order valence-corrected chi connectivity index (χ4v) is 1.71. The van der Waals surface area contributed by atoms with Crippen molar-refractivity contribution in [1.82, 2.24) is 9.88 Å². The molecule has 3 heteroatoms. The van der Waals surface area contributed by atoms with Crippen LogP contribution in [0.5, 0.6) is 0 Å². The van der Waals surface area contributed by atoms with Gasteiger partial charge in [-0.15, -0.1) is 0 Å². The first kappa shape index (κ1) is 12.3. The molecule has 0 fully saturated rings. The van der Waals surface area contributed by atoms with Crippen LogP contribution in [-0.2, 0) is 6.54 Å². The first-order chi connectivity index (χ1) is 7.36. The van der Waals surface area contributed by atoms with Crippen LogP contribution in [0.4, 0.5) is 0 Å². The quantitative estimate of drug-likeness (QED) is 0.644. The summed E-state index contributed by atoms with van der Waals surface area (Å²) in [5.41, 5.74) is 1.29. The lowest BCUT2D eigenvalue weighted by molar-refractivity contribution is 0.187. The molecule has 0 saturated carbocycles. The molecule has 1 aromatic rings. The molecule has 0 saturated heterocycles. The van der Waals surface area contributed by atoms with Crippen LogP contribution in [0.15, 0.2) is 18.5 Å². The second kappa shape index (κ2) is 7.49. The zero-order valence-corrected chi connectivity index (χ0v) is 9.58. The van der Waals surface area contributed by atoms with E-state index in [4.69, 9.17) is 5.11 Å². The highest BCUT2D eigenvalue weighted by Crippen LogP contribution is 2.05. The van der Waals surface area contributed by atoms with Crippen LogP contribution in [0.3, 0.4) is 0 Å². The van der Waals surface area contributed by atoms with Crippen LogP contribution in [0.1, 0.15) is 31.7 Å². The van der Waals surface area contributed by atoms with Crippen molar-refractivity contribution >= 4 is 0 Å². The molecule has 0 aliphatic rings. The van der Waals surface area contributed by atoms with Gasteiger partial charge in [0.25, 0.3) is 0 Å². The van der Waals surface area contributed by atoms with Crippen LogP contribution in [0.2, 0.25) is 0 Å². The van der Waals surface area contributed by atoms with Gasteiger partial charge in [-0.05, 0) is 24.6 Å². The molecule has 0 bridgehead atoms. The van der Waals surface area contributed by atoms with E-state index in [1.807, 2.05) is 12.4 Å². The Morgan fingerprint density at radius 3 is 2.80 bits per heavy atom. The molecule has 0 amide bonds. The number of aromatic nitrogens is 1. The monoisotopic (exact) mass is 210 g/mol. The molecule has 0 unspecified atom stereocenters. The molecule has 1 heterocycles. The van der Waals surface area contributed by atoms with Crippen LogP contribution >= 0.6 is 0 Å². The maximum atomic E-state index is 8.97. The van der Waals surface area contributed by atoms with Gasteiger partial charge in [-0.3, -0.25) is 4.90 Å². The highest BCUT2D eigenvalue weighted by molar-refractivity contribution is 5.07. The van der Waals surface area contributed by atoms with E-state index < -0.39 is 0 Å². The molecule has 0 aliphatic carbocycles. The molecule has 1 aromatic heterocycles. The third-order valence-corrected chi connectivity index (χ3v) is 2.56. The zero-order chi connectivity index (χ0) is 10.9. The minimum Gasteiger partial charge on any atom is -0.395 e. The van der Waals surface area contributed by atoms with Gasteiger partial charge in [0, 0.05) is 25.5 Å². The lowest BCUT2D eigenvalue weighted by Crippen LogP contribution is -2.27. The predicted octanol–water partition coefficient (Wildman–Crippen LogP) is 2.00. The molecule has 0 atom stereocenters. The summed E-state index contributed by atoms with van der Waals surface area (Å²) < 4.78 is 0. The first-order valence-electron chi connectivity index (χ1n) is 5.81. The number of nitrogens with zero attached hydrogens (tertiary/aromatic N) is 1. The smallest absolute Gasteiger partial charge is 0.0558 e. The van der Waals surface area contributed by atoms with Crippen LogP contribution in [0.25, 0.3) is 0 Å². The number of aliphatic hydroxyl groups excluding tert-OH is 1. The number of hydrogen-bond donors (Lipinski definition) is 2. The summed E-state index contributed by atoms with van der Waals surface area (Å²) in [4.78, 5) is 5.36. The van der Waals surface area contributed by atoms with Crippen molar-refractivity contribution in [1.29, 1.82) is 0 Å². The van der Waals surface area contributed by atoms with Crippen molar-refractivity contribution in [2.45, 2.75) is 32.7 Å². The van der Waals surface area contributed by atoms with Gasteiger partial charge in [0.05, 0.1) is 6.61 Å². The molecule has 0 spiro atoms. The molecule has 2 N–H and O–H groups in total. The van der Waals surface area contributed by atoms with Crippen molar-refractivity contribution < 1.29 is 5.11 Å². The van der Waals surface area contributed by atoms with E-state index in [1.54, 1.807) is 0 Å². The SMILES string of the molecule is CCCCCN(CCO)Cc1cc[nH]c1. The van der Waals surface area contributed by atoms with Crippen molar-refractivity contribution in [3.05, 3.63) is 24.0 Å². The largest absolute Gasteiger partial charge is 0.395 e. The predicted molar refractivity (Wildman–Crippen MR) is 62.7 cm³/mol. The van der Waals surface area contributed by atoms with Crippen molar-refractivity contribution in [2.75, 3.05) is 19.7 Å². The van der Waals surface area contributed by atoms with Gasteiger partial charge in [0.15, 0.2) is 0 Å². The number of rotatable bonds is 8. The van der Waals surface area contributed by atoms with Gasteiger partial charge in [-0.1, -0.05) is 19.8 Å². The summed E-state index contributed by atoms with van der Waals surface area (Å²) in [7, 11) is 0. The van der Waals surface area contributed by atoms with Crippen molar-refractivity contribution in [3.63, 3.8) is 0 Å². The van der Waals surface area contributed by atoms with Gasteiger partial charge in [0.2, 0.25) is 0 Å². The summed E-state index contributed by atoms with van der Waals surface area (Å²) >= 11 is 0. The molecule has 0 radical (unpaired) electrons. The van der Waals surface area contributed by atoms with E-state index in [0.29, 0.717) is 0 Å². The summed E-state index contributed by atoms with van der Waals surface area (Å²) in [6, 6.07) is 2.09. The fourth-order valence-electron chi connectivity index (χ4n) is 1.71. The maximum absolute atomic E-state index is 8.97. The van der Waals surface area contributed by atoms with Gasteiger partial charge >= 0.3 is 0 Å². The Labute approximate surface area is 92.1 Å². The summed E-state index contributed by atoms with van der Waals surface area (Å²) in [6.45, 7) is 5.25. The van der Waals surface area contributed by atoms with Gasteiger partial charge in [0.1, 0.15) is 0 Å². The van der Waals surface area contributed by atoms with Crippen LogP contribution in [0, 0.1) is 0 Å². The Balaban J connectivity index is 2.29. The van der Waals surface area contributed by atoms with Crippen LogP contribution in [-0.4, -0.2) is 34.7 Å². The average Bonchev–Trinajstić information content (AvgIpc) is 2.71. The number of aliphatic hydroxyl groups is 1. The van der Waals surface area contributed by atoms with E-state index in [-0.39, 0.29) is 6.61 Å². The zero-order valence-electron chi connectivity index (χ0n) is 9.58. The Kier molecular flexibility index (Phi) is 6.12. The summed E-state index contributed by atoms with van der Waals surface area (Å²) in [5, 5.41) is 8.97. The lowest BCUT2D eigenvalue weighted by atomic mass is 10.2. The summed E-state index contributed by atoms with van der Waals surface area (Å²) in [6.07, 6.45) is 7.70. The maximum Gasteiger partial charge on any atom is 0.0558 e. The molecule has 86 valence electrons. The van der Waals surface area contributed by atoms with Gasteiger partial charge in [-0.25, -0.2) is 0 Å². The topological polar surface area (TPSA) is 39.3 Å². The first-order valence-corrected chi connectivity index (χ1v) is 5.81. The Bertz CT molecular complexity index is 234. The third kappa shape index (κ3) is 5.00. The molecule has 1 rings (SSSR count). The number of aromatic amines is 1. The van der Waals surface area contributed by atoms with E-state index in [2.05, 4.69) is 22.9 Å². The molecule has 3 nitrogen and oxygen atoms in total. The Morgan fingerprint density at radius 2 is 2.20 bits per heavy atom. The second-order valence-electron chi connectivity index (χ2n) is 3.93. The molecular formula is C12H22N2O. The van der Waals surface area contributed by atoms with E-state index >= 15 is 0 Å². The van der Waals surface area contributed by atoms with Crippen molar-refractivity contribution in [3.8, 4) is 0 Å². The number of nitrogens with one attached hydrogen (secondary N) is 1. The van der Waals surface area contributed by atoms with Gasteiger partial charge in [-0.2, -0.15) is 0 Å².